The number of alkyl halides is 2. The second-order valence-corrected chi connectivity index (χ2v) is 8.10. The van der Waals surface area contributed by atoms with Gasteiger partial charge in [0.05, 0.1) is 12.2 Å². The first kappa shape index (κ1) is 16.9. The molecule has 4 aliphatic rings. The van der Waals surface area contributed by atoms with Crippen LogP contribution in [0.15, 0.2) is 0 Å². The van der Waals surface area contributed by atoms with Crippen LogP contribution in [0.1, 0.15) is 38.5 Å². The third-order valence-electron chi connectivity index (χ3n) is 5.43. The van der Waals surface area contributed by atoms with Gasteiger partial charge in [-0.2, -0.15) is 8.78 Å². The van der Waals surface area contributed by atoms with Crippen molar-refractivity contribution in [1.82, 2.24) is 0 Å². The van der Waals surface area contributed by atoms with Gasteiger partial charge in [-0.15, -0.1) is 4.33 Å². The van der Waals surface area contributed by atoms with Gasteiger partial charge in [-0.05, 0) is 55.8 Å². The summed E-state index contributed by atoms with van der Waals surface area (Å²) in [6, 6.07) is 0. The molecule has 0 aromatic rings. The zero-order valence-electron chi connectivity index (χ0n) is 12.6. The lowest BCUT2D eigenvalue weighted by Crippen LogP contribution is -2.57. The smallest absolute Gasteiger partial charge is 0.343 e. The van der Waals surface area contributed by atoms with E-state index in [4.69, 9.17) is 14.7 Å². The number of hydrogen-bond acceptors (Lipinski definition) is 6. The summed E-state index contributed by atoms with van der Waals surface area (Å²) in [6.07, 6.45) is 6.41. The second kappa shape index (κ2) is 6.14. The van der Waals surface area contributed by atoms with Gasteiger partial charge in [-0.1, -0.05) is 5.04 Å². The molecule has 4 rings (SSSR count). The summed E-state index contributed by atoms with van der Waals surface area (Å²) >= 11 is -0.256. The van der Waals surface area contributed by atoms with Gasteiger partial charge in [0, 0.05) is 7.11 Å². The predicted octanol–water partition coefficient (Wildman–Crippen LogP) is 3.65. The van der Waals surface area contributed by atoms with Gasteiger partial charge >= 0.3 is 5.25 Å². The highest BCUT2D eigenvalue weighted by atomic mass is 32.2. The van der Waals surface area contributed by atoms with Gasteiger partial charge < -0.3 is 9.47 Å². The molecule has 4 bridgehead atoms. The molecule has 4 fully saturated rings. The summed E-state index contributed by atoms with van der Waals surface area (Å²) in [5, 5.41) is 7.87. The highest BCUT2D eigenvalue weighted by Crippen LogP contribution is 2.62. The summed E-state index contributed by atoms with van der Waals surface area (Å²) in [5.41, 5.74) is -0.103. The second-order valence-electron chi connectivity index (χ2n) is 7.20. The maximum Gasteiger partial charge on any atom is 0.343 e. The van der Waals surface area contributed by atoms with Crippen molar-refractivity contribution >= 4 is 12.0 Å². The van der Waals surface area contributed by atoms with E-state index < -0.39 is 11.9 Å². The Morgan fingerprint density at radius 3 is 2.50 bits per heavy atom. The average Bonchev–Trinajstić information content (AvgIpc) is 2.43. The minimum atomic E-state index is -3.26. The fourth-order valence-electron chi connectivity index (χ4n) is 5.25. The maximum atomic E-state index is 13.4. The molecule has 0 aromatic heterocycles. The van der Waals surface area contributed by atoms with Gasteiger partial charge in [-0.3, -0.25) is 0 Å². The van der Waals surface area contributed by atoms with Gasteiger partial charge in [0.2, 0.25) is 0 Å². The monoisotopic (exact) mass is 340 g/mol. The van der Waals surface area contributed by atoms with Crippen LogP contribution in [0.25, 0.3) is 0 Å². The molecular weight excluding hydrogens is 318 g/mol. The van der Waals surface area contributed by atoms with Gasteiger partial charge in [0.1, 0.15) is 18.6 Å². The minimum Gasteiger partial charge on any atom is -0.378 e. The van der Waals surface area contributed by atoms with Crippen molar-refractivity contribution in [2.24, 2.45) is 17.3 Å². The molecular formula is C14H22F2O5S. The van der Waals surface area contributed by atoms with E-state index in [1.807, 2.05) is 0 Å². The van der Waals surface area contributed by atoms with E-state index >= 15 is 0 Å². The first-order valence-electron chi connectivity index (χ1n) is 7.57. The molecule has 0 radical (unpaired) electrons. The van der Waals surface area contributed by atoms with Crippen LogP contribution in [0, 0.1) is 17.3 Å². The fraction of sp³-hybridized carbons (Fsp3) is 1.00. The van der Waals surface area contributed by atoms with E-state index in [1.165, 1.54) is 6.42 Å². The zero-order chi connectivity index (χ0) is 15.8. The lowest BCUT2D eigenvalue weighted by Gasteiger charge is -2.61. The Balaban J connectivity index is 1.56. The zero-order valence-corrected chi connectivity index (χ0v) is 13.4. The van der Waals surface area contributed by atoms with Crippen LogP contribution in [-0.4, -0.2) is 36.4 Å². The number of methoxy groups -OCH3 is 1. The number of ether oxygens (including phenoxy) is 2. The minimum absolute atomic E-state index is 0.0326. The molecule has 0 aromatic carbocycles. The van der Waals surface area contributed by atoms with Crippen molar-refractivity contribution in [1.29, 1.82) is 0 Å². The Morgan fingerprint density at radius 1 is 1.23 bits per heavy atom. The summed E-state index contributed by atoms with van der Waals surface area (Å²) < 4.78 is 41.7. The number of rotatable bonds is 8. The Morgan fingerprint density at radius 2 is 1.91 bits per heavy atom. The molecule has 2 unspecified atom stereocenters. The summed E-state index contributed by atoms with van der Waals surface area (Å²) in [4.78, 5) is 0. The molecule has 0 saturated heterocycles. The first-order chi connectivity index (χ1) is 10.4. The van der Waals surface area contributed by atoms with E-state index in [9.17, 15) is 8.78 Å². The Kier molecular flexibility index (Phi) is 4.70. The van der Waals surface area contributed by atoms with Crippen LogP contribution >= 0.6 is 12.0 Å². The molecule has 22 heavy (non-hydrogen) atoms. The normalized spacial score (nSPS) is 40.4. The Bertz CT molecular complexity index is 395. The van der Waals surface area contributed by atoms with Crippen LogP contribution < -0.4 is 0 Å². The fourth-order valence-corrected chi connectivity index (χ4v) is 5.51. The molecule has 0 heterocycles. The van der Waals surface area contributed by atoms with E-state index in [0.29, 0.717) is 18.4 Å². The van der Waals surface area contributed by atoms with E-state index in [-0.39, 0.29) is 23.1 Å². The highest BCUT2D eigenvalue weighted by Gasteiger charge is 2.58. The topological polar surface area (TPSA) is 57.2 Å². The van der Waals surface area contributed by atoms with Gasteiger partial charge in [-0.25, -0.2) is 5.26 Å². The molecule has 128 valence electrons. The Labute approximate surface area is 132 Å². The quantitative estimate of drug-likeness (QED) is 0.413. The Hall–Kier alpha value is 0.01000. The molecule has 0 aliphatic heterocycles. The maximum absolute atomic E-state index is 13.4. The van der Waals surface area contributed by atoms with Crippen LogP contribution in [0.4, 0.5) is 8.78 Å². The molecule has 1 N–H and O–H groups in total. The number of hydrogen-bond donors (Lipinski definition) is 1. The number of halogens is 2. The van der Waals surface area contributed by atoms with Gasteiger partial charge in [0.25, 0.3) is 0 Å². The van der Waals surface area contributed by atoms with Crippen molar-refractivity contribution in [3.63, 3.8) is 0 Å². The predicted molar refractivity (Wildman–Crippen MR) is 75.0 cm³/mol. The van der Waals surface area contributed by atoms with Crippen LogP contribution in [0.2, 0.25) is 0 Å². The summed E-state index contributed by atoms with van der Waals surface area (Å²) in [5.74, 6) is 1.26. The van der Waals surface area contributed by atoms with Crippen molar-refractivity contribution in [2.75, 3.05) is 20.3 Å². The van der Waals surface area contributed by atoms with Crippen molar-refractivity contribution in [3.05, 3.63) is 0 Å². The van der Waals surface area contributed by atoms with Crippen LogP contribution in [0.3, 0.4) is 0 Å². The molecule has 5 nitrogen and oxygen atoms in total. The van der Waals surface area contributed by atoms with Crippen molar-refractivity contribution in [3.8, 4) is 0 Å². The summed E-state index contributed by atoms with van der Waals surface area (Å²) in [6.45, 7) is -0.445. The molecule has 0 spiro atoms. The van der Waals surface area contributed by atoms with E-state index in [1.54, 1.807) is 7.11 Å². The lowest BCUT2D eigenvalue weighted by atomic mass is 9.48. The SMILES string of the molecule is COC12CC3CC(CC(COCC(F)(F)SOOO)(C3)C1)C2. The molecule has 0 amide bonds. The first-order valence-corrected chi connectivity index (χ1v) is 8.31. The average molecular weight is 340 g/mol. The molecule has 4 aliphatic carbocycles. The van der Waals surface area contributed by atoms with Crippen LogP contribution in [0.5, 0.6) is 0 Å². The largest absolute Gasteiger partial charge is 0.378 e. The van der Waals surface area contributed by atoms with Crippen LogP contribution in [-0.2, 0) is 18.8 Å². The standard InChI is InChI=1S/C14H22F2O5S/c1-18-13-5-10-2-11(6-13)4-12(3-10,7-13)8-19-9-14(15,16)22-21-20-17/h10-11,17H,2-9H2,1H3. The molecule has 2 atom stereocenters. The van der Waals surface area contributed by atoms with Gasteiger partial charge in [0.15, 0.2) is 0 Å². The third-order valence-corrected chi connectivity index (χ3v) is 5.92. The van der Waals surface area contributed by atoms with Crippen molar-refractivity contribution < 1.29 is 32.9 Å². The molecule has 4 saturated carbocycles. The van der Waals surface area contributed by atoms with Crippen molar-refractivity contribution in [2.45, 2.75) is 49.4 Å². The lowest BCUT2D eigenvalue weighted by molar-refractivity contribution is -0.433. The van der Waals surface area contributed by atoms with E-state index in [2.05, 4.69) is 9.37 Å². The summed E-state index contributed by atoms with van der Waals surface area (Å²) in [7, 11) is 1.76. The highest BCUT2D eigenvalue weighted by molar-refractivity contribution is 7.95. The third kappa shape index (κ3) is 3.42. The van der Waals surface area contributed by atoms with E-state index in [0.717, 1.165) is 32.1 Å². The molecule has 8 heteroatoms.